The topological polar surface area (TPSA) is 52.6 Å². The number of rotatable bonds is 3. The Morgan fingerprint density at radius 3 is 2.62 bits per heavy atom. The second-order valence-electron chi connectivity index (χ2n) is 7.92. The standard InChI is InChI=1S/C21H23N3O2/c1-23-11-16(12-23)24-10-15(9-19(24)25)21(26)22-18-8-7-14-6-5-13-3-2-4-17(18)20(13)14/h2-4,7-8,15-16H,5-6,9-12H2,1H3,(H,22,26). The second-order valence-corrected chi connectivity index (χ2v) is 7.92. The molecule has 0 saturated carbocycles. The molecule has 2 aromatic carbocycles. The number of nitrogens with zero attached hydrogens (tertiary/aromatic N) is 2. The van der Waals surface area contributed by atoms with Crippen molar-refractivity contribution in [3.63, 3.8) is 0 Å². The maximum atomic E-state index is 12.8. The van der Waals surface area contributed by atoms with Crippen LogP contribution in [0.25, 0.3) is 10.8 Å². The molecule has 0 bridgehead atoms. The largest absolute Gasteiger partial charge is 0.336 e. The normalized spacial score (nSPS) is 22.9. The van der Waals surface area contributed by atoms with Crippen molar-refractivity contribution in [3.05, 3.63) is 41.5 Å². The molecule has 2 saturated heterocycles. The zero-order valence-corrected chi connectivity index (χ0v) is 15.0. The molecule has 1 atom stereocenters. The number of carbonyl (C=O) groups excluding carboxylic acids is 2. The Hall–Kier alpha value is -2.40. The van der Waals surface area contributed by atoms with Gasteiger partial charge in [0.05, 0.1) is 12.0 Å². The summed E-state index contributed by atoms with van der Waals surface area (Å²) in [6.45, 7) is 2.37. The summed E-state index contributed by atoms with van der Waals surface area (Å²) in [5.41, 5.74) is 3.60. The maximum absolute atomic E-state index is 12.8. The van der Waals surface area contributed by atoms with Gasteiger partial charge in [-0.1, -0.05) is 24.3 Å². The van der Waals surface area contributed by atoms with Crippen LogP contribution in [-0.4, -0.2) is 54.3 Å². The minimum absolute atomic E-state index is 0.0350. The van der Waals surface area contributed by atoms with Crippen molar-refractivity contribution in [2.75, 3.05) is 32.0 Å². The van der Waals surface area contributed by atoms with E-state index in [9.17, 15) is 9.59 Å². The Balaban J connectivity index is 1.35. The first-order valence-electron chi connectivity index (χ1n) is 9.42. The van der Waals surface area contributed by atoms with Crippen LogP contribution >= 0.6 is 0 Å². The van der Waals surface area contributed by atoms with E-state index in [2.05, 4.69) is 41.5 Å². The molecule has 0 aromatic heterocycles. The van der Waals surface area contributed by atoms with Crippen molar-refractivity contribution in [1.82, 2.24) is 9.80 Å². The SMILES string of the molecule is CN1CC(N2CC(C(=O)Nc3ccc4c5c(cccc35)CC4)CC2=O)C1. The Morgan fingerprint density at radius 1 is 1.08 bits per heavy atom. The monoisotopic (exact) mass is 349 g/mol. The number of carbonyl (C=O) groups is 2. The van der Waals surface area contributed by atoms with Crippen LogP contribution in [0.4, 0.5) is 5.69 Å². The fraction of sp³-hybridized carbons (Fsp3) is 0.429. The lowest BCUT2D eigenvalue weighted by Gasteiger charge is -2.42. The highest BCUT2D eigenvalue weighted by molar-refractivity contribution is 6.06. The molecular weight excluding hydrogens is 326 g/mol. The Labute approximate surface area is 153 Å². The van der Waals surface area contributed by atoms with Crippen molar-refractivity contribution >= 4 is 28.3 Å². The number of likely N-dealkylation sites (tertiary alicyclic amines) is 2. The minimum Gasteiger partial charge on any atom is -0.336 e. The molecule has 2 amide bonds. The second kappa shape index (κ2) is 5.81. The van der Waals surface area contributed by atoms with E-state index in [1.54, 1.807) is 0 Å². The molecule has 1 aliphatic carbocycles. The average molecular weight is 349 g/mol. The van der Waals surface area contributed by atoms with Crippen molar-refractivity contribution in [2.45, 2.75) is 25.3 Å². The van der Waals surface area contributed by atoms with Gasteiger partial charge in [-0.25, -0.2) is 0 Å². The lowest BCUT2D eigenvalue weighted by Crippen LogP contribution is -2.58. The summed E-state index contributed by atoms with van der Waals surface area (Å²) in [7, 11) is 2.05. The van der Waals surface area contributed by atoms with Crippen LogP contribution in [0.5, 0.6) is 0 Å². The highest BCUT2D eigenvalue weighted by Crippen LogP contribution is 2.35. The molecule has 1 unspecified atom stereocenters. The molecule has 0 spiro atoms. The van der Waals surface area contributed by atoms with Gasteiger partial charge in [0.15, 0.2) is 0 Å². The molecule has 5 rings (SSSR count). The van der Waals surface area contributed by atoms with E-state index in [-0.39, 0.29) is 23.8 Å². The highest BCUT2D eigenvalue weighted by Gasteiger charge is 2.41. The van der Waals surface area contributed by atoms with Gasteiger partial charge in [-0.3, -0.25) is 9.59 Å². The number of anilines is 1. The minimum atomic E-state index is -0.253. The number of benzene rings is 2. The number of aryl methyl sites for hydroxylation is 2. The van der Waals surface area contributed by atoms with Gasteiger partial charge in [0.1, 0.15) is 0 Å². The van der Waals surface area contributed by atoms with Gasteiger partial charge in [-0.2, -0.15) is 0 Å². The molecular formula is C21H23N3O2. The molecule has 5 nitrogen and oxygen atoms in total. The molecule has 5 heteroatoms. The third kappa shape index (κ3) is 2.42. The van der Waals surface area contributed by atoms with Gasteiger partial charge < -0.3 is 15.1 Å². The Bertz CT molecular complexity index is 907. The van der Waals surface area contributed by atoms with Crippen LogP contribution in [0.3, 0.4) is 0 Å². The fourth-order valence-electron chi connectivity index (χ4n) is 4.71. The fourth-order valence-corrected chi connectivity index (χ4v) is 4.71. The molecule has 2 heterocycles. The van der Waals surface area contributed by atoms with Crippen LogP contribution < -0.4 is 5.32 Å². The van der Waals surface area contributed by atoms with Crippen LogP contribution in [0.2, 0.25) is 0 Å². The molecule has 3 aliphatic rings. The third-order valence-corrected chi connectivity index (χ3v) is 6.15. The van der Waals surface area contributed by atoms with Crippen LogP contribution in [0, 0.1) is 5.92 Å². The van der Waals surface area contributed by atoms with Gasteiger partial charge >= 0.3 is 0 Å². The summed E-state index contributed by atoms with van der Waals surface area (Å²) in [4.78, 5) is 29.2. The van der Waals surface area contributed by atoms with E-state index < -0.39 is 0 Å². The maximum Gasteiger partial charge on any atom is 0.229 e. The number of hydrogen-bond acceptors (Lipinski definition) is 3. The predicted molar refractivity (Wildman–Crippen MR) is 101 cm³/mol. The summed E-state index contributed by atoms with van der Waals surface area (Å²) < 4.78 is 0. The summed E-state index contributed by atoms with van der Waals surface area (Å²) in [6, 6.07) is 10.7. The lowest BCUT2D eigenvalue weighted by molar-refractivity contribution is -0.132. The number of amides is 2. The molecule has 1 N–H and O–H groups in total. The quantitative estimate of drug-likeness (QED) is 0.923. The summed E-state index contributed by atoms with van der Waals surface area (Å²) in [5, 5.41) is 5.52. The van der Waals surface area contributed by atoms with Gasteiger partial charge in [-0.05, 0) is 42.5 Å². The first-order valence-corrected chi connectivity index (χ1v) is 9.42. The van der Waals surface area contributed by atoms with Gasteiger partial charge in [0.2, 0.25) is 11.8 Å². The Kier molecular flexibility index (Phi) is 3.54. The van der Waals surface area contributed by atoms with Gasteiger partial charge in [-0.15, -0.1) is 0 Å². The molecule has 0 radical (unpaired) electrons. The highest BCUT2D eigenvalue weighted by atomic mass is 16.2. The van der Waals surface area contributed by atoms with Crippen LogP contribution in [0.1, 0.15) is 17.5 Å². The van der Waals surface area contributed by atoms with Crippen LogP contribution in [-0.2, 0) is 22.4 Å². The first kappa shape index (κ1) is 15.8. The van der Waals surface area contributed by atoms with Crippen LogP contribution in [0.15, 0.2) is 30.3 Å². The van der Waals surface area contributed by atoms with E-state index in [4.69, 9.17) is 0 Å². The van der Waals surface area contributed by atoms with E-state index in [1.807, 2.05) is 11.0 Å². The molecule has 2 aromatic rings. The van der Waals surface area contributed by atoms with Crippen molar-refractivity contribution < 1.29 is 9.59 Å². The van der Waals surface area contributed by atoms with E-state index >= 15 is 0 Å². The van der Waals surface area contributed by atoms with Gasteiger partial charge in [0, 0.05) is 37.1 Å². The van der Waals surface area contributed by atoms with E-state index in [0.29, 0.717) is 13.0 Å². The lowest BCUT2D eigenvalue weighted by atomic mass is 10.0. The number of hydrogen-bond donors (Lipinski definition) is 1. The molecule has 2 fully saturated rings. The van der Waals surface area contributed by atoms with E-state index in [1.165, 1.54) is 16.5 Å². The number of likely N-dealkylation sites (N-methyl/N-ethyl adjacent to an activating group) is 1. The zero-order valence-electron chi connectivity index (χ0n) is 15.0. The zero-order chi connectivity index (χ0) is 17.8. The van der Waals surface area contributed by atoms with E-state index in [0.717, 1.165) is 37.0 Å². The van der Waals surface area contributed by atoms with Crippen molar-refractivity contribution in [3.8, 4) is 0 Å². The smallest absolute Gasteiger partial charge is 0.229 e. The first-order chi connectivity index (χ1) is 12.6. The summed E-state index contributed by atoms with van der Waals surface area (Å²) in [6.07, 6.45) is 2.48. The molecule has 2 aliphatic heterocycles. The van der Waals surface area contributed by atoms with Gasteiger partial charge in [0.25, 0.3) is 0 Å². The average Bonchev–Trinajstić information content (AvgIpc) is 3.19. The molecule has 26 heavy (non-hydrogen) atoms. The number of nitrogens with one attached hydrogen (secondary N) is 1. The Morgan fingerprint density at radius 2 is 1.85 bits per heavy atom. The summed E-state index contributed by atoms with van der Waals surface area (Å²) >= 11 is 0. The summed E-state index contributed by atoms with van der Waals surface area (Å²) in [5.74, 6) is -0.174. The predicted octanol–water partition coefficient (Wildman–Crippen LogP) is 2.04. The molecule has 134 valence electrons. The van der Waals surface area contributed by atoms with Crippen molar-refractivity contribution in [2.24, 2.45) is 5.92 Å². The van der Waals surface area contributed by atoms with Crippen molar-refractivity contribution in [1.29, 1.82) is 0 Å². The third-order valence-electron chi connectivity index (χ3n) is 6.15.